The van der Waals surface area contributed by atoms with Crippen LogP contribution in [0.1, 0.15) is 28.8 Å². The van der Waals surface area contributed by atoms with Crippen molar-refractivity contribution in [2.75, 3.05) is 18.4 Å². The Bertz CT molecular complexity index is 889. The van der Waals surface area contributed by atoms with Gasteiger partial charge in [-0.25, -0.2) is 8.42 Å². The molecule has 0 bridgehead atoms. The molecule has 0 unspecified atom stereocenters. The Kier molecular flexibility index (Phi) is 5.45. The van der Waals surface area contributed by atoms with Crippen molar-refractivity contribution in [3.8, 4) is 0 Å². The lowest BCUT2D eigenvalue weighted by Crippen LogP contribution is -2.27. The third-order valence-electron chi connectivity index (χ3n) is 4.18. The highest BCUT2D eigenvalue weighted by molar-refractivity contribution is 14.1. The van der Waals surface area contributed by atoms with Crippen LogP contribution in [0.2, 0.25) is 0 Å². The Balaban J connectivity index is 1.75. The highest BCUT2D eigenvalue weighted by atomic mass is 127. The van der Waals surface area contributed by atoms with Gasteiger partial charge in [-0.15, -0.1) is 0 Å². The van der Waals surface area contributed by atoms with E-state index in [0.717, 1.165) is 22.0 Å². The van der Waals surface area contributed by atoms with Crippen molar-refractivity contribution in [3.05, 3.63) is 57.2 Å². The number of sulfonamides is 1. The maximum absolute atomic E-state index is 12.5. The van der Waals surface area contributed by atoms with Crippen LogP contribution < -0.4 is 5.32 Å². The number of aryl methyl sites for hydroxylation is 1. The van der Waals surface area contributed by atoms with E-state index >= 15 is 0 Å². The molecule has 1 aliphatic rings. The van der Waals surface area contributed by atoms with Gasteiger partial charge in [0.2, 0.25) is 10.0 Å². The van der Waals surface area contributed by atoms with E-state index in [4.69, 9.17) is 0 Å². The number of hydrogen-bond donors (Lipinski definition) is 1. The lowest BCUT2D eigenvalue weighted by atomic mass is 10.1. The molecule has 1 amide bonds. The molecule has 3 rings (SSSR count). The molecule has 1 N–H and O–H groups in total. The van der Waals surface area contributed by atoms with Crippen LogP contribution in [-0.4, -0.2) is 31.7 Å². The summed E-state index contributed by atoms with van der Waals surface area (Å²) in [6, 6.07) is 12.0. The van der Waals surface area contributed by atoms with Crippen LogP contribution >= 0.6 is 22.6 Å². The minimum absolute atomic E-state index is 0.209. The average molecular weight is 470 g/mol. The van der Waals surface area contributed by atoms with Gasteiger partial charge in [-0.3, -0.25) is 4.79 Å². The summed E-state index contributed by atoms with van der Waals surface area (Å²) in [5.74, 6) is -0.209. The van der Waals surface area contributed by atoms with Gasteiger partial charge in [0.15, 0.2) is 0 Å². The van der Waals surface area contributed by atoms with E-state index in [0.29, 0.717) is 24.3 Å². The van der Waals surface area contributed by atoms with Gasteiger partial charge >= 0.3 is 0 Å². The third kappa shape index (κ3) is 4.04. The highest BCUT2D eigenvalue weighted by Gasteiger charge is 2.26. The Morgan fingerprint density at radius 1 is 1.08 bits per heavy atom. The van der Waals surface area contributed by atoms with Gasteiger partial charge in [-0.1, -0.05) is 11.6 Å². The van der Waals surface area contributed by atoms with Crippen molar-refractivity contribution in [2.24, 2.45) is 0 Å². The Morgan fingerprint density at radius 3 is 2.32 bits per heavy atom. The molecule has 132 valence electrons. The van der Waals surface area contributed by atoms with Crippen LogP contribution in [0.4, 0.5) is 5.69 Å². The molecule has 1 heterocycles. The predicted molar refractivity (Wildman–Crippen MR) is 106 cm³/mol. The molecule has 1 fully saturated rings. The molecule has 5 nitrogen and oxygen atoms in total. The molecule has 25 heavy (non-hydrogen) atoms. The molecule has 1 saturated heterocycles. The zero-order valence-electron chi connectivity index (χ0n) is 13.8. The number of amides is 1. The maximum atomic E-state index is 12.5. The molecule has 0 radical (unpaired) electrons. The van der Waals surface area contributed by atoms with Gasteiger partial charge in [0.05, 0.1) is 10.5 Å². The fourth-order valence-corrected chi connectivity index (χ4v) is 5.22. The topological polar surface area (TPSA) is 66.5 Å². The standard InChI is InChI=1S/C18H19IN2O3S/c1-13-4-9-16(17(19)12-13)18(22)20-14-5-7-15(8-6-14)25(23,24)21-10-2-3-11-21/h4-9,12H,2-3,10-11H2,1H3,(H,20,22). The molecular formula is C18H19IN2O3S. The number of carbonyl (C=O) groups is 1. The number of benzene rings is 2. The summed E-state index contributed by atoms with van der Waals surface area (Å²) >= 11 is 2.14. The van der Waals surface area contributed by atoms with Crippen LogP contribution in [0.25, 0.3) is 0 Å². The lowest BCUT2D eigenvalue weighted by molar-refractivity contribution is 0.102. The van der Waals surface area contributed by atoms with Crippen molar-refractivity contribution in [3.63, 3.8) is 0 Å². The van der Waals surface area contributed by atoms with Crippen LogP contribution in [0.3, 0.4) is 0 Å². The zero-order valence-corrected chi connectivity index (χ0v) is 16.8. The number of hydrogen-bond acceptors (Lipinski definition) is 3. The molecule has 7 heteroatoms. The second kappa shape index (κ2) is 7.43. The van der Waals surface area contributed by atoms with Gasteiger partial charge < -0.3 is 5.32 Å². The molecule has 0 spiro atoms. The smallest absolute Gasteiger partial charge is 0.256 e. The largest absolute Gasteiger partial charge is 0.322 e. The monoisotopic (exact) mass is 470 g/mol. The van der Waals surface area contributed by atoms with Crippen molar-refractivity contribution >= 4 is 44.2 Å². The van der Waals surface area contributed by atoms with Crippen molar-refractivity contribution in [1.29, 1.82) is 0 Å². The summed E-state index contributed by atoms with van der Waals surface area (Å²) in [4.78, 5) is 12.7. The van der Waals surface area contributed by atoms with E-state index in [1.54, 1.807) is 30.3 Å². The fourth-order valence-electron chi connectivity index (χ4n) is 2.79. The average Bonchev–Trinajstić information content (AvgIpc) is 3.10. The van der Waals surface area contributed by atoms with E-state index < -0.39 is 10.0 Å². The quantitative estimate of drug-likeness (QED) is 0.695. The summed E-state index contributed by atoms with van der Waals surface area (Å²) in [5, 5.41) is 2.81. The molecule has 0 saturated carbocycles. The van der Waals surface area contributed by atoms with E-state index in [-0.39, 0.29) is 10.8 Å². The predicted octanol–water partition coefficient (Wildman–Crippen LogP) is 3.64. The molecule has 0 atom stereocenters. The van der Waals surface area contributed by atoms with Crippen LogP contribution in [-0.2, 0) is 10.0 Å². The van der Waals surface area contributed by atoms with E-state index in [9.17, 15) is 13.2 Å². The minimum Gasteiger partial charge on any atom is -0.322 e. The van der Waals surface area contributed by atoms with E-state index in [2.05, 4.69) is 27.9 Å². The molecule has 0 aliphatic carbocycles. The lowest BCUT2D eigenvalue weighted by Gasteiger charge is -2.15. The zero-order chi connectivity index (χ0) is 18.0. The van der Waals surface area contributed by atoms with Crippen molar-refractivity contribution < 1.29 is 13.2 Å². The Hall–Kier alpha value is -1.45. The molecule has 0 aromatic heterocycles. The Morgan fingerprint density at radius 2 is 1.72 bits per heavy atom. The number of carbonyl (C=O) groups excluding carboxylic acids is 1. The van der Waals surface area contributed by atoms with Gasteiger partial charge in [-0.05, 0) is 78.8 Å². The maximum Gasteiger partial charge on any atom is 0.256 e. The van der Waals surface area contributed by atoms with E-state index in [1.807, 2.05) is 19.1 Å². The van der Waals surface area contributed by atoms with E-state index in [1.165, 1.54) is 4.31 Å². The minimum atomic E-state index is -3.43. The van der Waals surface area contributed by atoms with Crippen LogP contribution in [0.5, 0.6) is 0 Å². The summed E-state index contributed by atoms with van der Waals surface area (Å²) < 4.78 is 27.4. The van der Waals surface area contributed by atoms with Gasteiger partial charge in [0, 0.05) is 22.3 Å². The SMILES string of the molecule is Cc1ccc(C(=O)Nc2ccc(S(=O)(=O)N3CCCC3)cc2)c(I)c1. The number of nitrogens with one attached hydrogen (secondary N) is 1. The Labute approximate surface area is 161 Å². The molecule has 1 aliphatic heterocycles. The first kappa shape index (κ1) is 18.3. The second-order valence-corrected chi connectivity index (χ2v) is 9.17. The van der Waals surface area contributed by atoms with Gasteiger partial charge in [0.25, 0.3) is 5.91 Å². The first-order valence-corrected chi connectivity index (χ1v) is 10.6. The van der Waals surface area contributed by atoms with Crippen molar-refractivity contribution in [1.82, 2.24) is 4.31 Å². The van der Waals surface area contributed by atoms with Gasteiger partial charge in [0.1, 0.15) is 0 Å². The fraction of sp³-hybridized carbons (Fsp3) is 0.278. The number of anilines is 1. The molecule has 2 aromatic rings. The number of rotatable bonds is 4. The van der Waals surface area contributed by atoms with Crippen LogP contribution in [0, 0.1) is 10.5 Å². The second-order valence-electron chi connectivity index (χ2n) is 6.07. The summed E-state index contributed by atoms with van der Waals surface area (Å²) in [6.07, 6.45) is 1.81. The highest BCUT2D eigenvalue weighted by Crippen LogP contribution is 2.23. The first-order valence-electron chi connectivity index (χ1n) is 8.05. The normalized spacial score (nSPS) is 15.3. The summed E-state index contributed by atoms with van der Waals surface area (Å²) in [7, 11) is -3.43. The van der Waals surface area contributed by atoms with Gasteiger partial charge in [-0.2, -0.15) is 4.31 Å². The number of nitrogens with zero attached hydrogens (tertiary/aromatic N) is 1. The molecular weight excluding hydrogens is 451 g/mol. The first-order chi connectivity index (χ1) is 11.9. The van der Waals surface area contributed by atoms with Crippen LogP contribution in [0.15, 0.2) is 47.4 Å². The summed E-state index contributed by atoms with van der Waals surface area (Å²) in [5.41, 5.74) is 2.26. The summed E-state index contributed by atoms with van der Waals surface area (Å²) in [6.45, 7) is 3.13. The van der Waals surface area contributed by atoms with Crippen molar-refractivity contribution in [2.45, 2.75) is 24.7 Å². The number of halogens is 1. The molecule has 2 aromatic carbocycles. The third-order valence-corrected chi connectivity index (χ3v) is 6.99.